The van der Waals surface area contributed by atoms with E-state index in [1.54, 1.807) is 30.3 Å². The number of anilines is 1. The molecule has 0 heterocycles. The van der Waals surface area contributed by atoms with Crippen LogP contribution in [-0.2, 0) is 14.3 Å². The maximum atomic E-state index is 12.2. The van der Waals surface area contributed by atoms with Gasteiger partial charge >= 0.3 is 5.97 Å². The lowest BCUT2D eigenvalue weighted by atomic mass is 10.2. The van der Waals surface area contributed by atoms with Crippen molar-refractivity contribution < 1.29 is 28.6 Å². The lowest BCUT2D eigenvalue weighted by Crippen LogP contribution is -2.21. The van der Waals surface area contributed by atoms with Gasteiger partial charge in [0.15, 0.2) is 18.1 Å². The molecule has 0 saturated carbocycles. The fraction of sp³-hybridized carbons (Fsp3) is 0.211. The molecule has 2 aromatic rings. The molecule has 148 valence electrons. The molecule has 0 atom stereocenters. The number of benzene rings is 2. The molecule has 9 heteroatoms. The van der Waals surface area contributed by atoms with E-state index in [-0.39, 0.29) is 11.3 Å². The van der Waals surface area contributed by atoms with Crippen molar-refractivity contribution in [1.82, 2.24) is 0 Å². The second kappa shape index (κ2) is 10.2. The molecule has 8 nitrogen and oxygen atoms in total. The zero-order chi connectivity index (χ0) is 20.5. The Bertz CT molecular complexity index is 871. The minimum Gasteiger partial charge on any atom is -0.493 e. The number of hydrogen-bond donors (Lipinski definition) is 2. The standard InChI is InChI=1S/C19H20N2O6S/c1-25-14-8-7-12(9-15(14)26-2)19(24)27-10-18(23)21-13-5-3-4-6-16(13)28-11-17(20)22/h3-9H,10-11H2,1-2H3,(H2,20,22)(H,21,23). The number of amides is 2. The fourth-order valence-corrected chi connectivity index (χ4v) is 2.96. The van der Waals surface area contributed by atoms with Gasteiger partial charge in [0, 0.05) is 4.90 Å². The van der Waals surface area contributed by atoms with Crippen LogP contribution in [0.1, 0.15) is 10.4 Å². The van der Waals surface area contributed by atoms with Crippen LogP contribution in [0.3, 0.4) is 0 Å². The molecule has 28 heavy (non-hydrogen) atoms. The first-order valence-electron chi connectivity index (χ1n) is 8.13. The molecule has 0 fully saturated rings. The van der Waals surface area contributed by atoms with E-state index < -0.39 is 24.4 Å². The Morgan fingerprint density at radius 1 is 1.04 bits per heavy atom. The molecule has 0 radical (unpaired) electrons. The van der Waals surface area contributed by atoms with Crippen LogP contribution in [0.2, 0.25) is 0 Å². The number of ether oxygens (including phenoxy) is 3. The highest BCUT2D eigenvalue weighted by molar-refractivity contribution is 8.00. The van der Waals surface area contributed by atoms with Crippen molar-refractivity contribution in [2.75, 3.05) is 31.9 Å². The predicted molar refractivity (Wildman–Crippen MR) is 105 cm³/mol. The smallest absolute Gasteiger partial charge is 0.338 e. The lowest BCUT2D eigenvalue weighted by Gasteiger charge is -2.11. The highest BCUT2D eigenvalue weighted by atomic mass is 32.2. The number of carbonyl (C=O) groups is 3. The van der Waals surface area contributed by atoms with E-state index in [1.807, 2.05) is 0 Å². The summed E-state index contributed by atoms with van der Waals surface area (Å²) in [6.45, 7) is -0.470. The molecule has 2 aromatic carbocycles. The summed E-state index contributed by atoms with van der Waals surface area (Å²) in [6.07, 6.45) is 0. The second-order valence-corrected chi connectivity index (χ2v) is 6.46. The summed E-state index contributed by atoms with van der Waals surface area (Å²) in [7, 11) is 2.94. The molecule has 2 rings (SSSR count). The van der Waals surface area contributed by atoms with E-state index >= 15 is 0 Å². The highest BCUT2D eigenvalue weighted by Crippen LogP contribution is 2.28. The van der Waals surface area contributed by atoms with Crippen molar-refractivity contribution in [1.29, 1.82) is 0 Å². The summed E-state index contributed by atoms with van der Waals surface area (Å²) in [6, 6.07) is 11.5. The summed E-state index contributed by atoms with van der Waals surface area (Å²) >= 11 is 1.20. The molecule has 0 aliphatic rings. The number of primary amides is 1. The highest BCUT2D eigenvalue weighted by Gasteiger charge is 2.14. The maximum Gasteiger partial charge on any atom is 0.338 e. The number of methoxy groups -OCH3 is 2. The van der Waals surface area contributed by atoms with Crippen LogP contribution in [0.5, 0.6) is 11.5 Å². The quantitative estimate of drug-likeness (QED) is 0.485. The van der Waals surface area contributed by atoms with Crippen LogP contribution < -0.4 is 20.5 Å². The molecule has 0 saturated heterocycles. The third-order valence-electron chi connectivity index (χ3n) is 3.48. The minimum atomic E-state index is -0.674. The summed E-state index contributed by atoms with van der Waals surface area (Å²) in [4.78, 5) is 35.9. The lowest BCUT2D eigenvalue weighted by molar-refractivity contribution is -0.119. The molecule has 0 spiro atoms. The van der Waals surface area contributed by atoms with Crippen LogP contribution in [0.25, 0.3) is 0 Å². The predicted octanol–water partition coefficient (Wildman–Crippen LogP) is 2.08. The first kappa shape index (κ1) is 21.1. The van der Waals surface area contributed by atoms with E-state index in [0.717, 1.165) is 0 Å². The van der Waals surface area contributed by atoms with Gasteiger partial charge in [0.25, 0.3) is 5.91 Å². The number of thioether (sulfide) groups is 1. The van der Waals surface area contributed by atoms with Crippen molar-refractivity contribution >= 4 is 35.2 Å². The third kappa shape index (κ3) is 5.92. The van der Waals surface area contributed by atoms with Gasteiger partial charge in [0.1, 0.15) is 0 Å². The molecule has 0 bridgehead atoms. The monoisotopic (exact) mass is 404 g/mol. The van der Waals surface area contributed by atoms with Gasteiger partial charge in [-0.15, -0.1) is 11.8 Å². The van der Waals surface area contributed by atoms with Crippen molar-refractivity contribution in [3.63, 3.8) is 0 Å². The maximum absolute atomic E-state index is 12.2. The Kier molecular flexibility index (Phi) is 7.70. The molecular weight excluding hydrogens is 384 g/mol. The van der Waals surface area contributed by atoms with E-state index in [9.17, 15) is 14.4 Å². The normalized spacial score (nSPS) is 10.1. The zero-order valence-corrected chi connectivity index (χ0v) is 16.2. The van der Waals surface area contributed by atoms with Crippen LogP contribution in [0.15, 0.2) is 47.4 Å². The molecular formula is C19H20N2O6S. The molecule has 0 aliphatic carbocycles. The SMILES string of the molecule is COc1ccc(C(=O)OCC(=O)Nc2ccccc2SCC(N)=O)cc1OC. The second-order valence-electron chi connectivity index (χ2n) is 5.45. The third-order valence-corrected chi connectivity index (χ3v) is 4.58. The Hall–Kier alpha value is -3.20. The van der Waals surface area contributed by atoms with Gasteiger partial charge in [-0.25, -0.2) is 4.79 Å². The number of nitrogens with one attached hydrogen (secondary N) is 1. The number of nitrogens with two attached hydrogens (primary N) is 1. The van der Waals surface area contributed by atoms with E-state index in [0.29, 0.717) is 22.1 Å². The Morgan fingerprint density at radius 2 is 1.75 bits per heavy atom. The van der Waals surface area contributed by atoms with Crippen molar-refractivity contribution in [2.24, 2.45) is 5.73 Å². The average Bonchev–Trinajstić information content (AvgIpc) is 2.70. The van der Waals surface area contributed by atoms with Crippen molar-refractivity contribution in [3.8, 4) is 11.5 Å². The van der Waals surface area contributed by atoms with E-state index in [2.05, 4.69) is 5.32 Å². The first-order valence-corrected chi connectivity index (χ1v) is 9.12. The van der Waals surface area contributed by atoms with Gasteiger partial charge in [-0.3, -0.25) is 9.59 Å². The number of para-hydroxylation sites is 1. The molecule has 0 unspecified atom stereocenters. The summed E-state index contributed by atoms with van der Waals surface area (Å²) < 4.78 is 15.3. The van der Waals surface area contributed by atoms with Crippen LogP contribution in [-0.4, -0.2) is 44.4 Å². The molecule has 2 amide bonds. The number of carbonyl (C=O) groups excluding carboxylic acids is 3. The minimum absolute atomic E-state index is 0.0845. The van der Waals surface area contributed by atoms with Crippen molar-refractivity contribution in [3.05, 3.63) is 48.0 Å². The Labute approximate surface area is 166 Å². The van der Waals surface area contributed by atoms with Gasteiger partial charge in [-0.05, 0) is 30.3 Å². The molecule has 0 aromatic heterocycles. The number of rotatable bonds is 9. The van der Waals surface area contributed by atoms with Crippen LogP contribution in [0, 0.1) is 0 Å². The first-order chi connectivity index (χ1) is 13.4. The number of hydrogen-bond acceptors (Lipinski definition) is 7. The zero-order valence-electron chi connectivity index (χ0n) is 15.4. The van der Waals surface area contributed by atoms with Gasteiger partial charge < -0.3 is 25.3 Å². The summed E-state index contributed by atoms with van der Waals surface area (Å²) in [5.74, 6) is -0.714. The largest absolute Gasteiger partial charge is 0.493 e. The van der Waals surface area contributed by atoms with Crippen LogP contribution in [0.4, 0.5) is 5.69 Å². The summed E-state index contributed by atoms with van der Waals surface area (Å²) in [5.41, 5.74) is 5.87. The van der Waals surface area contributed by atoms with E-state index in [4.69, 9.17) is 19.9 Å². The fourth-order valence-electron chi connectivity index (χ4n) is 2.21. The average molecular weight is 404 g/mol. The van der Waals surface area contributed by atoms with Crippen molar-refractivity contribution in [2.45, 2.75) is 4.90 Å². The Balaban J connectivity index is 1.96. The van der Waals surface area contributed by atoms with Gasteiger partial charge in [-0.2, -0.15) is 0 Å². The molecule has 3 N–H and O–H groups in total. The van der Waals surface area contributed by atoms with Crippen LogP contribution >= 0.6 is 11.8 Å². The number of esters is 1. The summed E-state index contributed by atoms with van der Waals surface area (Å²) in [5, 5.41) is 2.65. The molecule has 0 aliphatic heterocycles. The van der Waals surface area contributed by atoms with E-state index in [1.165, 1.54) is 38.1 Å². The topological polar surface area (TPSA) is 117 Å². The van der Waals surface area contributed by atoms with Gasteiger partial charge in [0.2, 0.25) is 5.91 Å². The Morgan fingerprint density at radius 3 is 2.43 bits per heavy atom. The van der Waals surface area contributed by atoms with Gasteiger partial charge in [-0.1, -0.05) is 12.1 Å². The van der Waals surface area contributed by atoms with Gasteiger partial charge in [0.05, 0.1) is 31.2 Å².